The van der Waals surface area contributed by atoms with E-state index in [0.29, 0.717) is 13.1 Å². The van der Waals surface area contributed by atoms with Gasteiger partial charge in [0, 0.05) is 18.1 Å². The van der Waals surface area contributed by atoms with Gasteiger partial charge in [-0.1, -0.05) is 12.1 Å². The highest BCUT2D eigenvalue weighted by Gasteiger charge is 2.08. The highest BCUT2D eigenvalue weighted by atomic mass is 16.5. The topological polar surface area (TPSA) is 60.2 Å². The molecule has 1 N–H and O–H groups in total. The standard InChI is InChI=1S/C16H17N3O2/c1-11-18-7-6-13(19-11)9-17-10-14-8-12-4-3-5-15(20-2)16(12)21-14/h3-8,17H,9-10H2,1-2H3. The van der Waals surface area contributed by atoms with Gasteiger partial charge in [0.25, 0.3) is 0 Å². The van der Waals surface area contributed by atoms with Crippen molar-refractivity contribution in [3.63, 3.8) is 0 Å². The van der Waals surface area contributed by atoms with E-state index in [1.54, 1.807) is 13.3 Å². The first kappa shape index (κ1) is 13.6. The predicted octanol–water partition coefficient (Wildman–Crippen LogP) is 2.83. The van der Waals surface area contributed by atoms with E-state index < -0.39 is 0 Å². The van der Waals surface area contributed by atoms with E-state index in [9.17, 15) is 0 Å². The second-order valence-corrected chi connectivity index (χ2v) is 4.79. The molecular formula is C16H17N3O2. The Morgan fingerprint density at radius 3 is 2.95 bits per heavy atom. The molecule has 3 aromatic rings. The fourth-order valence-corrected chi connectivity index (χ4v) is 2.25. The molecule has 0 bridgehead atoms. The molecule has 0 radical (unpaired) electrons. The van der Waals surface area contributed by atoms with Gasteiger partial charge in [0.05, 0.1) is 19.3 Å². The summed E-state index contributed by atoms with van der Waals surface area (Å²) in [6.45, 7) is 3.20. The van der Waals surface area contributed by atoms with Crippen molar-refractivity contribution in [3.8, 4) is 5.75 Å². The zero-order valence-corrected chi connectivity index (χ0v) is 12.1. The second kappa shape index (κ2) is 5.93. The molecule has 0 spiro atoms. The Bertz CT molecular complexity index is 752. The fourth-order valence-electron chi connectivity index (χ4n) is 2.25. The number of hydrogen-bond acceptors (Lipinski definition) is 5. The van der Waals surface area contributed by atoms with E-state index in [1.165, 1.54) is 0 Å². The van der Waals surface area contributed by atoms with Crippen LogP contribution in [-0.2, 0) is 13.1 Å². The van der Waals surface area contributed by atoms with E-state index in [0.717, 1.165) is 34.0 Å². The molecule has 3 rings (SSSR count). The summed E-state index contributed by atoms with van der Waals surface area (Å²) < 4.78 is 11.1. The van der Waals surface area contributed by atoms with Crippen LogP contribution in [0.25, 0.3) is 11.0 Å². The summed E-state index contributed by atoms with van der Waals surface area (Å²) >= 11 is 0. The van der Waals surface area contributed by atoms with Crippen molar-refractivity contribution in [1.82, 2.24) is 15.3 Å². The van der Waals surface area contributed by atoms with E-state index >= 15 is 0 Å². The normalized spacial score (nSPS) is 11.0. The lowest BCUT2D eigenvalue weighted by Gasteiger charge is -2.02. The highest BCUT2D eigenvalue weighted by Crippen LogP contribution is 2.28. The maximum absolute atomic E-state index is 5.83. The lowest BCUT2D eigenvalue weighted by Crippen LogP contribution is -2.13. The van der Waals surface area contributed by atoms with E-state index in [-0.39, 0.29) is 0 Å². The summed E-state index contributed by atoms with van der Waals surface area (Å²) in [5, 5.41) is 4.36. The Hall–Kier alpha value is -2.40. The molecule has 0 amide bonds. The largest absolute Gasteiger partial charge is 0.493 e. The van der Waals surface area contributed by atoms with Gasteiger partial charge in [-0.25, -0.2) is 9.97 Å². The quantitative estimate of drug-likeness (QED) is 0.780. The average molecular weight is 283 g/mol. The maximum atomic E-state index is 5.83. The van der Waals surface area contributed by atoms with Crippen LogP contribution in [0.1, 0.15) is 17.3 Å². The number of methoxy groups -OCH3 is 1. The predicted molar refractivity (Wildman–Crippen MR) is 80.1 cm³/mol. The summed E-state index contributed by atoms with van der Waals surface area (Å²) in [5.41, 5.74) is 1.76. The number of para-hydroxylation sites is 1. The Kier molecular flexibility index (Phi) is 3.83. The van der Waals surface area contributed by atoms with Crippen LogP contribution in [0.4, 0.5) is 0 Å². The van der Waals surface area contributed by atoms with Crippen molar-refractivity contribution in [2.45, 2.75) is 20.0 Å². The number of rotatable bonds is 5. The number of benzene rings is 1. The number of hydrogen-bond donors (Lipinski definition) is 1. The summed E-state index contributed by atoms with van der Waals surface area (Å²) in [5.74, 6) is 2.41. The molecule has 0 fully saturated rings. The van der Waals surface area contributed by atoms with Crippen molar-refractivity contribution in [3.05, 3.63) is 53.8 Å². The van der Waals surface area contributed by atoms with Crippen LogP contribution in [0.5, 0.6) is 5.75 Å². The Morgan fingerprint density at radius 1 is 1.24 bits per heavy atom. The zero-order valence-electron chi connectivity index (χ0n) is 12.1. The van der Waals surface area contributed by atoms with Crippen LogP contribution in [0.3, 0.4) is 0 Å². The van der Waals surface area contributed by atoms with Gasteiger partial charge in [-0.15, -0.1) is 0 Å². The third kappa shape index (κ3) is 3.03. The Balaban J connectivity index is 1.68. The highest BCUT2D eigenvalue weighted by molar-refractivity contribution is 5.83. The molecule has 2 heterocycles. The number of aryl methyl sites for hydroxylation is 1. The molecule has 0 aliphatic rings. The molecule has 0 aliphatic heterocycles. The molecular weight excluding hydrogens is 266 g/mol. The van der Waals surface area contributed by atoms with Gasteiger partial charge in [-0.3, -0.25) is 0 Å². The number of nitrogens with one attached hydrogen (secondary N) is 1. The molecule has 0 aliphatic carbocycles. The lowest BCUT2D eigenvalue weighted by molar-refractivity contribution is 0.406. The molecule has 1 aromatic carbocycles. The molecule has 0 saturated carbocycles. The summed E-state index contributed by atoms with van der Waals surface area (Å²) in [4.78, 5) is 8.43. The second-order valence-electron chi connectivity index (χ2n) is 4.79. The summed E-state index contributed by atoms with van der Waals surface area (Å²) in [6, 6.07) is 9.79. The van der Waals surface area contributed by atoms with Gasteiger partial charge in [0.1, 0.15) is 11.6 Å². The molecule has 0 unspecified atom stereocenters. The average Bonchev–Trinajstić information content (AvgIpc) is 2.90. The van der Waals surface area contributed by atoms with Crippen molar-refractivity contribution >= 4 is 11.0 Å². The zero-order chi connectivity index (χ0) is 14.7. The van der Waals surface area contributed by atoms with E-state index in [4.69, 9.17) is 9.15 Å². The Labute approximate surface area is 123 Å². The molecule has 0 saturated heterocycles. The molecule has 0 atom stereocenters. The van der Waals surface area contributed by atoms with Gasteiger partial charge in [-0.05, 0) is 25.1 Å². The first-order chi connectivity index (χ1) is 10.3. The van der Waals surface area contributed by atoms with Crippen LogP contribution in [0, 0.1) is 6.92 Å². The van der Waals surface area contributed by atoms with Gasteiger partial charge in [0.15, 0.2) is 11.3 Å². The van der Waals surface area contributed by atoms with Gasteiger partial charge in [-0.2, -0.15) is 0 Å². The first-order valence-electron chi connectivity index (χ1n) is 6.81. The van der Waals surface area contributed by atoms with Crippen LogP contribution in [0.15, 0.2) is 40.9 Å². The number of fused-ring (bicyclic) bond motifs is 1. The monoisotopic (exact) mass is 283 g/mol. The number of furan rings is 1. The van der Waals surface area contributed by atoms with Gasteiger partial charge in [0.2, 0.25) is 0 Å². The summed E-state index contributed by atoms with van der Waals surface area (Å²) in [6.07, 6.45) is 1.77. The molecule has 2 aromatic heterocycles. The molecule has 108 valence electrons. The number of nitrogens with zero attached hydrogens (tertiary/aromatic N) is 2. The Morgan fingerprint density at radius 2 is 2.14 bits per heavy atom. The minimum atomic E-state index is 0.640. The van der Waals surface area contributed by atoms with Crippen molar-refractivity contribution in [1.29, 1.82) is 0 Å². The third-order valence-corrected chi connectivity index (χ3v) is 3.22. The fraction of sp³-hybridized carbons (Fsp3) is 0.250. The lowest BCUT2D eigenvalue weighted by atomic mass is 10.2. The van der Waals surface area contributed by atoms with Crippen molar-refractivity contribution in [2.24, 2.45) is 0 Å². The molecule has 5 heteroatoms. The maximum Gasteiger partial charge on any atom is 0.176 e. The van der Waals surface area contributed by atoms with Crippen molar-refractivity contribution < 1.29 is 9.15 Å². The minimum Gasteiger partial charge on any atom is -0.493 e. The molecule has 21 heavy (non-hydrogen) atoms. The third-order valence-electron chi connectivity index (χ3n) is 3.22. The van der Waals surface area contributed by atoms with Crippen LogP contribution < -0.4 is 10.1 Å². The minimum absolute atomic E-state index is 0.640. The molecule has 5 nitrogen and oxygen atoms in total. The van der Waals surface area contributed by atoms with E-state index in [1.807, 2.05) is 37.3 Å². The summed E-state index contributed by atoms with van der Waals surface area (Å²) in [7, 11) is 1.65. The van der Waals surface area contributed by atoms with Gasteiger partial charge >= 0.3 is 0 Å². The first-order valence-corrected chi connectivity index (χ1v) is 6.81. The number of ether oxygens (including phenoxy) is 1. The smallest absolute Gasteiger partial charge is 0.176 e. The van der Waals surface area contributed by atoms with Crippen LogP contribution in [-0.4, -0.2) is 17.1 Å². The number of aromatic nitrogens is 2. The van der Waals surface area contributed by atoms with Gasteiger partial charge < -0.3 is 14.5 Å². The van der Waals surface area contributed by atoms with Crippen molar-refractivity contribution in [2.75, 3.05) is 7.11 Å². The van der Waals surface area contributed by atoms with E-state index in [2.05, 4.69) is 15.3 Å². The van der Waals surface area contributed by atoms with Crippen LogP contribution >= 0.6 is 0 Å². The SMILES string of the molecule is COc1cccc2cc(CNCc3ccnc(C)n3)oc12. The van der Waals surface area contributed by atoms with Crippen LogP contribution in [0.2, 0.25) is 0 Å².